The monoisotopic (exact) mass is 473 g/mol. The maximum absolute atomic E-state index is 13.1. The quantitative estimate of drug-likeness (QED) is 0.396. The summed E-state index contributed by atoms with van der Waals surface area (Å²) in [6.07, 6.45) is 6.78. The van der Waals surface area contributed by atoms with Gasteiger partial charge in [-0.05, 0) is 63.2 Å². The summed E-state index contributed by atoms with van der Waals surface area (Å²) in [4.78, 5) is 17.3. The van der Waals surface area contributed by atoms with Gasteiger partial charge in [0.25, 0.3) is 11.8 Å². The van der Waals surface area contributed by atoms with Crippen LogP contribution in [0.1, 0.15) is 40.6 Å². The van der Waals surface area contributed by atoms with Crippen molar-refractivity contribution in [3.05, 3.63) is 72.6 Å². The number of hydrogen-bond acceptors (Lipinski definition) is 7. The van der Waals surface area contributed by atoms with E-state index in [1.165, 1.54) is 13.4 Å². The van der Waals surface area contributed by atoms with Crippen LogP contribution in [-0.4, -0.2) is 50.5 Å². The molecule has 1 aliphatic rings. The zero-order valence-corrected chi connectivity index (χ0v) is 19.7. The zero-order chi connectivity index (χ0) is 24.4. The van der Waals surface area contributed by atoms with Crippen molar-refractivity contribution in [3.8, 4) is 17.3 Å². The van der Waals surface area contributed by atoms with Crippen LogP contribution < -0.4 is 20.1 Å². The number of fused-ring (bicyclic) bond motifs is 1. The van der Waals surface area contributed by atoms with Crippen molar-refractivity contribution in [3.63, 3.8) is 0 Å². The molecule has 0 atom stereocenters. The van der Waals surface area contributed by atoms with Gasteiger partial charge < -0.3 is 20.1 Å². The van der Waals surface area contributed by atoms with E-state index in [2.05, 4.69) is 27.3 Å². The standard InChI is InChI=1S/C25H27N7O3/c1-4-35-25-23(34-3)22(15-19-14-21(30-32(19)25)17-5-9-26-10-6-17)28-24(33)20-8-12-31(29-20)18-7-11-27-16(2)13-18/h4,7-8,11-15,17,26H,1,5-6,9-10H2,2-3H3,(H,28,33). The minimum Gasteiger partial charge on any atom is -0.490 e. The molecule has 35 heavy (non-hydrogen) atoms. The van der Waals surface area contributed by atoms with Gasteiger partial charge >= 0.3 is 0 Å². The number of piperidine rings is 1. The molecule has 0 unspecified atom stereocenters. The van der Waals surface area contributed by atoms with Crippen LogP contribution in [0.4, 0.5) is 5.69 Å². The lowest BCUT2D eigenvalue weighted by Gasteiger charge is -2.20. The number of aromatic nitrogens is 5. The third-order valence-corrected chi connectivity index (χ3v) is 6.05. The second-order valence-electron chi connectivity index (χ2n) is 8.37. The molecule has 10 heteroatoms. The van der Waals surface area contributed by atoms with Crippen molar-refractivity contribution in [1.29, 1.82) is 0 Å². The first-order chi connectivity index (χ1) is 17.1. The Morgan fingerprint density at radius 2 is 2.06 bits per heavy atom. The molecule has 5 heterocycles. The summed E-state index contributed by atoms with van der Waals surface area (Å²) in [7, 11) is 1.52. The van der Waals surface area contributed by atoms with Crippen molar-refractivity contribution in [2.75, 3.05) is 25.5 Å². The highest BCUT2D eigenvalue weighted by Crippen LogP contribution is 2.38. The Morgan fingerprint density at radius 1 is 1.23 bits per heavy atom. The number of pyridine rings is 2. The molecule has 4 aromatic rings. The van der Waals surface area contributed by atoms with Gasteiger partial charge in [-0.1, -0.05) is 6.58 Å². The fourth-order valence-electron chi connectivity index (χ4n) is 4.34. The van der Waals surface area contributed by atoms with E-state index in [1.807, 2.05) is 31.2 Å². The first-order valence-corrected chi connectivity index (χ1v) is 11.5. The molecule has 1 saturated heterocycles. The number of carbonyl (C=O) groups excluding carboxylic acids is 1. The molecular formula is C25H27N7O3. The second kappa shape index (κ2) is 9.59. The van der Waals surface area contributed by atoms with Crippen LogP contribution in [0, 0.1) is 6.92 Å². The Labute approximate surface area is 202 Å². The SMILES string of the molecule is C=COc1c(OC)c(NC(=O)c2ccn(-c3ccnc(C)c3)n2)cc2cc(C3CCNCC3)nn12. The fraction of sp³-hybridized carbons (Fsp3) is 0.280. The Hall–Kier alpha value is -4.18. The lowest BCUT2D eigenvalue weighted by molar-refractivity contribution is 0.102. The predicted molar refractivity (Wildman–Crippen MR) is 131 cm³/mol. The van der Waals surface area contributed by atoms with Crippen molar-refractivity contribution in [2.45, 2.75) is 25.7 Å². The van der Waals surface area contributed by atoms with E-state index in [9.17, 15) is 4.79 Å². The Balaban J connectivity index is 1.48. The average Bonchev–Trinajstić information content (AvgIpc) is 3.53. The van der Waals surface area contributed by atoms with Gasteiger partial charge in [-0.3, -0.25) is 9.78 Å². The first kappa shape index (κ1) is 22.6. The number of aryl methyl sites for hydroxylation is 1. The number of methoxy groups -OCH3 is 1. The molecule has 10 nitrogen and oxygen atoms in total. The first-order valence-electron chi connectivity index (χ1n) is 11.5. The molecule has 2 N–H and O–H groups in total. The molecule has 1 aliphatic heterocycles. The highest BCUT2D eigenvalue weighted by Gasteiger charge is 2.24. The van der Waals surface area contributed by atoms with E-state index in [0.29, 0.717) is 23.2 Å². The third-order valence-electron chi connectivity index (χ3n) is 6.05. The van der Waals surface area contributed by atoms with Gasteiger partial charge in [0.1, 0.15) is 0 Å². The molecule has 0 spiro atoms. The molecule has 4 aromatic heterocycles. The topological polar surface area (TPSA) is 108 Å². The highest BCUT2D eigenvalue weighted by atomic mass is 16.5. The Kier molecular flexibility index (Phi) is 6.19. The molecule has 0 radical (unpaired) electrons. The van der Waals surface area contributed by atoms with Gasteiger partial charge in [0.15, 0.2) is 5.69 Å². The Morgan fingerprint density at radius 3 is 2.80 bits per heavy atom. The maximum atomic E-state index is 13.1. The number of ether oxygens (including phenoxy) is 2. The summed E-state index contributed by atoms with van der Waals surface area (Å²) < 4.78 is 14.6. The lowest BCUT2D eigenvalue weighted by Crippen LogP contribution is -2.26. The number of anilines is 1. The van der Waals surface area contributed by atoms with E-state index in [0.717, 1.165) is 48.5 Å². The summed E-state index contributed by atoms with van der Waals surface area (Å²) in [5.74, 6) is 0.667. The molecule has 0 aromatic carbocycles. The minimum absolute atomic E-state index is 0.261. The fourth-order valence-corrected chi connectivity index (χ4v) is 4.34. The largest absolute Gasteiger partial charge is 0.490 e. The number of carbonyl (C=O) groups is 1. The molecule has 1 fully saturated rings. The van der Waals surface area contributed by atoms with Crippen LogP contribution in [-0.2, 0) is 0 Å². The number of rotatable bonds is 7. The summed E-state index contributed by atoms with van der Waals surface area (Å²) >= 11 is 0. The van der Waals surface area contributed by atoms with Crippen LogP contribution in [0.15, 0.2) is 55.6 Å². The van der Waals surface area contributed by atoms with Gasteiger partial charge in [-0.15, -0.1) is 0 Å². The molecular weight excluding hydrogens is 446 g/mol. The van der Waals surface area contributed by atoms with E-state index < -0.39 is 0 Å². The van der Waals surface area contributed by atoms with Crippen LogP contribution in [0.25, 0.3) is 11.2 Å². The third kappa shape index (κ3) is 4.47. The van der Waals surface area contributed by atoms with Crippen LogP contribution in [0.3, 0.4) is 0 Å². The lowest BCUT2D eigenvalue weighted by atomic mass is 9.95. The van der Waals surface area contributed by atoms with Crippen molar-refractivity contribution >= 4 is 17.1 Å². The normalized spacial score (nSPS) is 14.1. The molecule has 0 aliphatic carbocycles. The van der Waals surface area contributed by atoms with E-state index in [-0.39, 0.29) is 11.6 Å². The van der Waals surface area contributed by atoms with Crippen molar-refractivity contribution < 1.29 is 14.3 Å². The molecule has 180 valence electrons. The van der Waals surface area contributed by atoms with E-state index in [1.54, 1.807) is 27.7 Å². The number of hydrogen-bond donors (Lipinski definition) is 2. The van der Waals surface area contributed by atoms with Crippen LogP contribution in [0.5, 0.6) is 11.6 Å². The number of nitrogens with one attached hydrogen (secondary N) is 2. The average molecular weight is 474 g/mol. The number of nitrogens with zero attached hydrogens (tertiary/aromatic N) is 5. The van der Waals surface area contributed by atoms with Gasteiger partial charge in [0.05, 0.1) is 36.0 Å². The van der Waals surface area contributed by atoms with E-state index in [4.69, 9.17) is 14.6 Å². The summed E-state index contributed by atoms with van der Waals surface area (Å²) in [5.41, 5.74) is 4.16. The van der Waals surface area contributed by atoms with Crippen molar-refractivity contribution in [1.82, 2.24) is 29.7 Å². The summed E-state index contributed by atoms with van der Waals surface area (Å²) in [6, 6.07) is 9.24. The van der Waals surface area contributed by atoms with Gasteiger partial charge in [0.2, 0.25) is 5.75 Å². The Bertz CT molecular complexity index is 1390. The molecule has 0 bridgehead atoms. The van der Waals surface area contributed by atoms with Crippen LogP contribution in [0.2, 0.25) is 0 Å². The highest BCUT2D eigenvalue weighted by molar-refractivity contribution is 6.04. The maximum Gasteiger partial charge on any atom is 0.276 e. The zero-order valence-electron chi connectivity index (χ0n) is 19.7. The summed E-state index contributed by atoms with van der Waals surface area (Å²) in [6.45, 7) is 7.51. The minimum atomic E-state index is -0.375. The van der Waals surface area contributed by atoms with Gasteiger partial charge in [-0.2, -0.15) is 14.7 Å². The van der Waals surface area contributed by atoms with E-state index >= 15 is 0 Å². The molecule has 5 rings (SSSR count). The summed E-state index contributed by atoms with van der Waals surface area (Å²) in [5, 5.41) is 15.5. The number of amides is 1. The molecule has 1 amide bonds. The second-order valence-corrected chi connectivity index (χ2v) is 8.37. The smallest absolute Gasteiger partial charge is 0.276 e. The van der Waals surface area contributed by atoms with Crippen LogP contribution >= 0.6 is 0 Å². The van der Waals surface area contributed by atoms with Crippen molar-refractivity contribution in [2.24, 2.45) is 0 Å². The predicted octanol–water partition coefficient (Wildman–Crippen LogP) is 3.47. The van der Waals surface area contributed by atoms with Gasteiger partial charge in [-0.25, -0.2) is 4.68 Å². The molecule has 0 saturated carbocycles. The van der Waals surface area contributed by atoms with Gasteiger partial charge in [0, 0.05) is 24.0 Å².